The molecule has 0 N–H and O–H groups in total. The van der Waals surface area contributed by atoms with Crippen LogP contribution < -0.4 is 9.47 Å². The van der Waals surface area contributed by atoms with Gasteiger partial charge in [0.15, 0.2) is 5.82 Å². The first-order valence-corrected chi connectivity index (χ1v) is 9.05. The summed E-state index contributed by atoms with van der Waals surface area (Å²) in [5.74, 6) is 2.78. The molecule has 0 atom stereocenters. The van der Waals surface area contributed by atoms with E-state index in [-0.39, 0.29) is 11.8 Å². The van der Waals surface area contributed by atoms with Crippen LogP contribution in [0.1, 0.15) is 33.6 Å². The molecule has 2 heterocycles. The number of amides is 1. The summed E-state index contributed by atoms with van der Waals surface area (Å²) in [5, 5.41) is 4.08. The standard InChI is InChI=1S/C21H21N3O4/c1-26-17-9-7-14(8-10-17)21(25)24-12-16(13-24)20-22-19(23-28-20)11-15-5-3-4-6-18(15)27-2/h3-10,16H,11-13H2,1-2H3. The number of hydrogen-bond donors (Lipinski definition) is 0. The Balaban J connectivity index is 1.36. The first kappa shape index (κ1) is 18.0. The van der Waals surface area contributed by atoms with Crippen LogP contribution in [0.3, 0.4) is 0 Å². The van der Waals surface area contributed by atoms with Gasteiger partial charge in [-0.05, 0) is 30.3 Å². The minimum atomic E-state index is -0.00679. The van der Waals surface area contributed by atoms with E-state index in [1.54, 1.807) is 43.4 Å². The molecule has 1 amide bonds. The van der Waals surface area contributed by atoms with E-state index in [1.807, 2.05) is 24.3 Å². The van der Waals surface area contributed by atoms with Crippen LogP contribution >= 0.6 is 0 Å². The molecular formula is C21H21N3O4. The van der Waals surface area contributed by atoms with E-state index in [2.05, 4.69) is 10.1 Å². The van der Waals surface area contributed by atoms with Gasteiger partial charge >= 0.3 is 0 Å². The molecule has 4 rings (SSSR count). The second-order valence-electron chi connectivity index (χ2n) is 6.67. The molecule has 0 spiro atoms. The zero-order chi connectivity index (χ0) is 19.5. The van der Waals surface area contributed by atoms with Crippen molar-refractivity contribution >= 4 is 5.91 Å². The summed E-state index contributed by atoms with van der Waals surface area (Å²) in [6.45, 7) is 1.14. The van der Waals surface area contributed by atoms with E-state index in [4.69, 9.17) is 14.0 Å². The van der Waals surface area contributed by atoms with Crippen LogP contribution in [0.25, 0.3) is 0 Å². The molecule has 1 aliphatic rings. The summed E-state index contributed by atoms with van der Waals surface area (Å²) in [6, 6.07) is 14.9. The van der Waals surface area contributed by atoms with Crippen molar-refractivity contribution in [2.45, 2.75) is 12.3 Å². The van der Waals surface area contributed by atoms with Crippen LogP contribution in [0.15, 0.2) is 53.1 Å². The van der Waals surface area contributed by atoms with Crippen molar-refractivity contribution in [2.75, 3.05) is 27.3 Å². The molecule has 0 saturated carbocycles. The van der Waals surface area contributed by atoms with Gasteiger partial charge in [-0.3, -0.25) is 4.79 Å². The van der Waals surface area contributed by atoms with Gasteiger partial charge in [-0.15, -0.1) is 0 Å². The van der Waals surface area contributed by atoms with E-state index >= 15 is 0 Å². The highest BCUT2D eigenvalue weighted by Crippen LogP contribution is 2.28. The predicted molar refractivity (Wildman–Crippen MR) is 102 cm³/mol. The fourth-order valence-electron chi connectivity index (χ4n) is 3.24. The van der Waals surface area contributed by atoms with E-state index in [0.717, 1.165) is 17.1 Å². The molecule has 144 valence electrons. The van der Waals surface area contributed by atoms with Crippen molar-refractivity contribution < 1.29 is 18.8 Å². The summed E-state index contributed by atoms with van der Waals surface area (Å²) in [7, 11) is 3.24. The number of carbonyl (C=O) groups is 1. The summed E-state index contributed by atoms with van der Waals surface area (Å²) in [6.07, 6.45) is 0.536. The lowest BCUT2D eigenvalue weighted by Gasteiger charge is -2.37. The molecule has 1 aromatic heterocycles. The van der Waals surface area contributed by atoms with Gasteiger partial charge in [0.1, 0.15) is 11.5 Å². The fraction of sp³-hybridized carbons (Fsp3) is 0.286. The first-order valence-electron chi connectivity index (χ1n) is 9.05. The number of benzene rings is 2. The Bertz CT molecular complexity index is 962. The summed E-state index contributed by atoms with van der Waals surface area (Å²) >= 11 is 0. The zero-order valence-corrected chi connectivity index (χ0v) is 15.8. The van der Waals surface area contributed by atoms with Crippen LogP contribution in [0.5, 0.6) is 11.5 Å². The van der Waals surface area contributed by atoms with Crippen LogP contribution in [0.2, 0.25) is 0 Å². The Labute approximate surface area is 162 Å². The van der Waals surface area contributed by atoms with Crippen molar-refractivity contribution in [3.63, 3.8) is 0 Å². The van der Waals surface area contributed by atoms with Crippen molar-refractivity contribution in [2.24, 2.45) is 0 Å². The van der Waals surface area contributed by atoms with Crippen LogP contribution in [0.4, 0.5) is 0 Å². The minimum absolute atomic E-state index is 0.00679. The molecule has 0 bridgehead atoms. The highest BCUT2D eigenvalue weighted by molar-refractivity contribution is 5.95. The third-order valence-electron chi connectivity index (χ3n) is 4.88. The van der Waals surface area contributed by atoms with Gasteiger partial charge in [0.25, 0.3) is 5.91 Å². The van der Waals surface area contributed by atoms with Crippen molar-refractivity contribution in [3.05, 3.63) is 71.4 Å². The van der Waals surface area contributed by atoms with E-state index in [0.29, 0.717) is 36.8 Å². The molecule has 28 heavy (non-hydrogen) atoms. The average Bonchev–Trinajstić information content (AvgIpc) is 3.15. The van der Waals surface area contributed by atoms with Crippen LogP contribution in [-0.4, -0.2) is 48.3 Å². The molecule has 7 nitrogen and oxygen atoms in total. The Morgan fingerprint density at radius 1 is 1.11 bits per heavy atom. The largest absolute Gasteiger partial charge is 0.497 e. The van der Waals surface area contributed by atoms with Crippen molar-refractivity contribution in [1.29, 1.82) is 0 Å². The number of aromatic nitrogens is 2. The molecule has 0 radical (unpaired) electrons. The summed E-state index contributed by atoms with van der Waals surface area (Å²) in [4.78, 5) is 18.8. The van der Waals surface area contributed by atoms with Crippen LogP contribution in [0, 0.1) is 0 Å². The molecule has 7 heteroatoms. The third-order valence-corrected chi connectivity index (χ3v) is 4.88. The molecule has 2 aromatic carbocycles. The number of carbonyl (C=O) groups excluding carboxylic acids is 1. The Morgan fingerprint density at radius 3 is 2.57 bits per heavy atom. The lowest BCUT2D eigenvalue weighted by Crippen LogP contribution is -2.48. The number of ether oxygens (including phenoxy) is 2. The number of rotatable bonds is 6. The topological polar surface area (TPSA) is 77.7 Å². The van der Waals surface area contributed by atoms with Crippen LogP contribution in [-0.2, 0) is 6.42 Å². The van der Waals surface area contributed by atoms with Crippen molar-refractivity contribution in [1.82, 2.24) is 15.0 Å². The van der Waals surface area contributed by atoms with Gasteiger partial charge in [0.05, 0.1) is 20.1 Å². The molecule has 0 unspecified atom stereocenters. The fourth-order valence-corrected chi connectivity index (χ4v) is 3.24. The highest BCUT2D eigenvalue weighted by Gasteiger charge is 2.36. The lowest BCUT2D eigenvalue weighted by atomic mass is 9.98. The maximum absolute atomic E-state index is 12.5. The number of nitrogens with zero attached hydrogens (tertiary/aromatic N) is 3. The van der Waals surface area contributed by atoms with Gasteiger partial charge in [-0.25, -0.2) is 0 Å². The molecule has 1 fully saturated rings. The normalized spacial score (nSPS) is 13.9. The molecular weight excluding hydrogens is 358 g/mol. The highest BCUT2D eigenvalue weighted by atomic mass is 16.5. The minimum Gasteiger partial charge on any atom is -0.497 e. The van der Waals surface area contributed by atoms with E-state index in [9.17, 15) is 4.79 Å². The van der Waals surface area contributed by atoms with Gasteiger partial charge in [-0.2, -0.15) is 4.98 Å². The number of hydrogen-bond acceptors (Lipinski definition) is 6. The monoisotopic (exact) mass is 379 g/mol. The quantitative estimate of drug-likeness (QED) is 0.655. The number of likely N-dealkylation sites (tertiary alicyclic amines) is 1. The summed E-state index contributed by atoms with van der Waals surface area (Å²) < 4.78 is 15.9. The zero-order valence-electron chi connectivity index (χ0n) is 15.8. The summed E-state index contributed by atoms with van der Waals surface area (Å²) in [5.41, 5.74) is 1.64. The smallest absolute Gasteiger partial charge is 0.253 e. The maximum atomic E-state index is 12.5. The first-order chi connectivity index (χ1) is 13.7. The van der Waals surface area contributed by atoms with Crippen molar-refractivity contribution in [3.8, 4) is 11.5 Å². The van der Waals surface area contributed by atoms with E-state index in [1.165, 1.54) is 0 Å². The number of para-hydroxylation sites is 1. The average molecular weight is 379 g/mol. The lowest BCUT2D eigenvalue weighted by molar-refractivity contribution is 0.0569. The Kier molecular flexibility index (Phi) is 4.97. The van der Waals surface area contributed by atoms with Gasteiger partial charge in [-0.1, -0.05) is 23.4 Å². The SMILES string of the molecule is COc1ccc(C(=O)N2CC(c3nc(Cc4ccccc4OC)no3)C2)cc1. The molecule has 1 aliphatic heterocycles. The second-order valence-corrected chi connectivity index (χ2v) is 6.67. The maximum Gasteiger partial charge on any atom is 0.253 e. The predicted octanol–water partition coefficient (Wildman–Crippen LogP) is 2.92. The molecule has 3 aromatic rings. The molecule has 0 aliphatic carbocycles. The van der Waals surface area contributed by atoms with E-state index < -0.39 is 0 Å². The Morgan fingerprint density at radius 2 is 1.86 bits per heavy atom. The second kappa shape index (κ2) is 7.72. The van der Waals surface area contributed by atoms with Gasteiger partial charge in [0.2, 0.25) is 5.89 Å². The van der Waals surface area contributed by atoms with Gasteiger partial charge < -0.3 is 18.9 Å². The third kappa shape index (κ3) is 3.55. The Hall–Kier alpha value is -3.35. The number of methoxy groups -OCH3 is 2. The van der Waals surface area contributed by atoms with Gasteiger partial charge in [0, 0.05) is 30.6 Å². The molecule has 1 saturated heterocycles.